The highest BCUT2D eigenvalue weighted by Crippen LogP contribution is 2.38. The molecule has 3 fully saturated rings. The van der Waals surface area contributed by atoms with Crippen LogP contribution in [0.4, 0.5) is 0 Å². The highest BCUT2D eigenvalue weighted by Gasteiger charge is 2.47. The van der Waals surface area contributed by atoms with Gasteiger partial charge < -0.3 is 4.90 Å². The van der Waals surface area contributed by atoms with Gasteiger partial charge in [-0.05, 0) is 18.4 Å². The predicted molar refractivity (Wildman–Crippen MR) is 115 cm³/mol. The number of piperazine rings is 1. The first-order valence-corrected chi connectivity index (χ1v) is 11.2. The summed E-state index contributed by atoms with van der Waals surface area (Å²) < 4.78 is 0. The van der Waals surface area contributed by atoms with Crippen molar-refractivity contribution in [2.45, 2.75) is 32.1 Å². The minimum atomic E-state index is -0.131. The summed E-state index contributed by atoms with van der Waals surface area (Å²) in [6.45, 7) is 4.20. The molecule has 1 aromatic rings. The van der Waals surface area contributed by atoms with Crippen molar-refractivity contribution in [2.24, 2.45) is 11.8 Å². The zero-order valence-corrected chi connectivity index (χ0v) is 17.5. The van der Waals surface area contributed by atoms with Crippen LogP contribution in [0.2, 0.25) is 0 Å². The van der Waals surface area contributed by atoms with Crippen LogP contribution in [-0.2, 0) is 14.4 Å². The van der Waals surface area contributed by atoms with E-state index in [0.29, 0.717) is 13.1 Å². The van der Waals surface area contributed by atoms with Crippen molar-refractivity contribution in [3.8, 4) is 0 Å². The van der Waals surface area contributed by atoms with Crippen molar-refractivity contribution < 1.29 is 14.4 Å². The molecule has 0 bridgehead atoms. The van der Waals surface area contributed by atoms with Crippen LogP contribution >= 0.6 is 0 Å². The molecule has 1 saturated carbocycles. The van der Waals surface area contributed by atoms with Gasteiger partial charge >= 0.3 is 0 Å². The van der Waals surface area contributed by atoms with Crippen LogP contribution in [0.15, 0.2) is 36.4 Å². The summed E-state index contributed by atoms with van der Waals surface area (Å²) in [5.41, 5.74) is 1.19. The summed E-state index contributed by atoms with van der Waals surface area (Å²) in [6.07, 6.45) is 8.22. The van der Waals surface area contributed by atoms with Gasteiger partial charge in [0.1, 0.15) is 0 Å². The van der Waals surface area contributed by atoms with E-state index in [1.807, 2.05) is 23.1 Å². The van der Waals surface area contributed by atoms with Crippen LogP contribution in [-0.4, -0.2) is 71.7 Å². The van der Waals surface area contributed by atoms with Crippen LogP contribution in [0.1, 0.15) is 37.7 Å². The van der Waals surface area contributed by atoms with E-state index in [2.05, 4.69) is 29.2 Å². The van der Waals surface area contributed by atoms with Gasteiger partial charge in [0.25, 0.3) is 0 Å². The van der Waals surface area contributed by atoms with Crippen molar-refractivity contribution in [1.82, 2.24) is 14.7 Å². The fraction of sp³-hybridized carbons (Fsp3) is 0.542. The second-order valence-electron chi connectivity index (χ2n) is 8.57. The second kappa shape index (κ2) is 9.56. The molecule has 2 heterocycles. The molecule has 6 nitrogen and oxygen atoms in total. The molecule has 2 saturated heterocycles. The van der Waals surface area contributed by atoms with Crippen molar-refractivity contribution in [3.05, 3.63) is 42.0 Å². The topological polar surface area (TPSA) is 60.9 Å². The summed E-state index contributed by atoms with van der Waals surface area (Å²) >= 11 is 0. The molecule has 2 aliphatic heterocycles. The highest BCUT2D eigenvalue weighted by molar-refractivity contribution is 6.05. The smallest absolute Gasteiger partial charge is 0.233 e. The summed E-state index contributed by atoms with van der Waals surface area (Å²) in [4.78, 5) is 43.3. The molecule has 2 atom stereocenters. The minimum Gasteiger partial charge on any atom is -0.340 e. The number of amides is 3. The maximum atomic E-state index is 12.6. The predicted octanol–water partition coefficient (Wildman–Crippen LogP) is 2.41. The van der Waals surface area contributed by atoms with Gasteiger partial charge in [-0.1, -0.05) is 55.3 Å². The molecular weight excluding hydrogens is 378 g/mol. The third-order valence-corrected chi connectivity index (χ3v) is 6.68. The lowest BCUT2D eigenvalue weighted by Crippen LogP contribution is -2.49. The van der Waals surface area contributed by atoms with E-state index < -0.39 is 0 Å². The molecule has 0 N–H and O–H groups in total. The number of nitrogens with zero attached hydrogens (tertiary/aromatic N) is 3. The van der Waals surface area contributed by atoms with Crippen molar-refractivity contribution in [1.29, 1.82) is 0 Å². The Hall–Kier alpha value is -2.47. The molecule has 30 heavy (non-hydrogen) atoms. The van der Waals surface area contributed by atoms with E-state index in [-0.39, 0.29) is 42.5 Å². The van der Waals surface area contributed by atoms with Crippen LogP contribution in [0.5, 0.6) is 0 Å². The number of likely N-dealkylation sites (tertiary alicyclic amines) is 1. The summed E-state index contributed by atoms with van der Waals surface area (Å²) in [6, 6.07) is 10.2. The minimum absolute atomic E-state index is 0.0462. The number of imide groups is 1. The van der Waals surface area contributed by atoms with Gasteiger partial charge in [-0.2, -0.15) is 0 Å². The number of hydrogen-bond acceptors (Lipinski definition) is 4. The SMILES string of the molecule is O=C(CCN1C(=O)C2CCCCC2C1=O)N1CCN(CC=Cc2ccccc2)CC1. The summed E-state index contributed by atoms with van der Waals surface area (Å²) in [7, 11) is 0. The van der Waals surface area contributed by atoms with Gasteiger partial charge in [0.15, 0.2) is 0 Å². The Balaban J connectivity index is 1.20. The van der Waals surface area contributed by atoms with Gasteiger partial charge in [0.05, 0.1) is 11.8 Å². The first kappa shape index (κ1) is 20.8. The first-order chi connectivity index (χ1) is 14.6. The molecule has 6 heteroatoms. The molecule has 2 unspecified atom stereocenters. The lowest BCUT2D eigenvalue weighted by molar-refractivity contribution is -0.141. The van der Waals surface area contributed by atoms with Crippen LogP contribution in [0.25, 0.3) is 6.08 Å². The first-order valence-electron chi connectivity index (χ1n) is 11.2. The standard InChI is InChI=1S/C24H31N3O3/c28-22(12-14-27-23(29)20-10-4-5-11-21(20)24(27)30)26-17-15-25(16-18-26)13-6-9-19-7-2-1-3-8-19/h1-3,6-9,20-21H,4-5,10-18H2. The highest BCUT2D eigenvalue weighted by atomic mass is 16.2. The van der Waals surface area contributed by atoms with Crippen LogP contribution in [0.3, 0.4) is 0 Å². The quantitative estimate of drug-likeness (QED) is 0.677. The molecule has 160 valence electrons. The number of carbonyl (C=O) groups excluding carboxylic acids is 3. The van der Waals surface area contributed by atoms with Gasteiger partial charge in [-0.3, -0.25) is 24.2 Å². The average molecular weight is 410 g/mol. The molecular formula is C24H31N3O3. The third-order valence-electron chi connectivity index (χ3n) is 6.68. The van der Waals surface area contributed by atoms with Crippen molar-refractivity contribution in [2.75, 3.05) is 39.3 Å². The number of fused-ring (bicyclic) bond motifs is 1. The number of hydrogen-bond donors (Lipinski definition) is 0. The molecule has 0 spiro atoms. The maximum absolute atomic E-state index is 12.6. The number of rotatable bonds is 6. The van der Waals surface area contributed by atoms with Gasteiger partial charge in [0, 0.05) is 45.7 Å². The molecule has 0 radical (unpaired) electrons. The Kier molecular flexibility index (Phi) is 6.62. The molecule has 3 amide bonds. The number of benzene rings is 1. The zero-order valence-electron chi connectivity index (χ0n) is 17.5. The monoisotopic (exact) mass is 409 g/mol. The number of carbonyl (C=O) groups is 3. The Labute approximate surface area is 178 Å². The fourth-order valence-corrected chi connectivity index (χ4v) is 4.90. The van der Waals surface area contributed by atoms with E-state index in [1.54, 1.807) is 0 Å². The summed E-state index contributed by atoms with van der Waals surface area (Å²) in [5.74, 6) is -0.312. The van der Waals surface area contributed by atoms with Crippen molar-refractivity contribution in [3.63, 3.8) is 0 Å². The molecule has 3 aliphatic rings. The Morgan fingerprint density at radius 3 is 2.20 bits per heavy atom. The third kappa shape index (κ3) is 4.64. The van der Waals surface area contributed by atoms with Crippen LogP contribution < -0.4 is 0 Å². The van der Waals surface area contributed by atoms with Gasteiger partial charge in [0.2, 0.25) is 17.7 Å². The zero-order chi connectivity index (χ0) is 20.9. The van der Waals surface area contributed by atoms with E-state index in [0.717, 1.165) is 45.3 Å². The van der Waals surface area contributed by atoms with E-state index in [9.17, 15) is 14.4 Å². The largest absolute Gasteiger partial charge is 0.340 e. The average Bonchev–Trinajstić information content (AvgIpc) is 3.03. The molecule has 0 aromatic heterocycles. The lowest BCUT2D eigenvalue weighted by atomic mass is 9.81. The van der Waals surface area contributed by atoms with E-state index in [4.69, 9.17) is 0 Å². The summed E-state index contributed by atoms with van der Waals surface area (Å²) in [5, 5.41) is 0. The van der Waals surface area contributed by atoms with E-state index in [1.165, 1.54) is 10.5 Å². The van der Waals surface area contributed by atoms with Crippen molar-refractivity contribution >= 4 is 23.8 Å². The van der Waals surface area contributed by atoms with Crippen LogP contribution in [0, 0.1) is 11.8 Å². The molecule has 1 aliphatic carbocycles. The van der Waals surface area contributed by atoms with E-state index >= 15 is 0 Å². The normalized spacial score (nSPS) is 25.2. The lowest BCUT2D eigenvalue weighted by Gasteiger charge is -2.34. The second-order valence-corrected chi connectivity index (χ2v) is 8.57. The molecule has 4 rings (SSSR count). The maximum Gasteiger partial charge on any atom is 0.233 e. The Bertz CT molecular complexity index is 775. The van der Waals surface area contributed by atoms with Gasteiger partial charge in [-0.25, -0.2) is 0 Å². The van der Waals surface area contributed by atoms with Gasteiger partial charge in [-0.15, -0.1) is 0 Å². The Morgan fingerprint density at radius 2 is 1.57 bits per heavy atom. The Morgan fingerprint density at radius 1 is 0.933 bits per heavy atom. The molecule has 1 aromatic carbocycles. The fourth-order valence-electron chi connectivity index (χ4n) is 4.90.